The molecule has 0 saturated heterocycles. The first-order valence-corrected chi connectivity index (χ1v) is 7.49. The number of carbonyl (C=O) groups excluding carboxylic acids is 1. The normalized spacial score (nSPS) is 11.8. The van der Waals surface area contributed by atoms with E-state index in [2.05, 4.69) is 10.3 Å². The van der Waals surface area contributed by atoms with Crippen molar-refractivity contribution in [2.75, 3.05) is 26.5 Å². The Labute approximate surface area is 128 Å². The first-order chi connectivity index (χ1) is 10.1. The summed E-state index contributed by atoms with van der Waals surface area (Å²) in [7, 11) is 5.20. The molecule has 0 spiro atoms. The molecule has 0 bridgehead atoms. The number of ether oxygens (including phenoxy) is 1. The van der Waals surface area contributed by atoms with E-state index in [0.29, 0.717) is 5.69 Å². The lowest BCUT2D eigenvalue weighted by Gasteiger charge is -2.24. The number of aromatic nitrogens is 1. The van der Waals surface area contributed by atoms with Gasteiger partial charge >= 0.3 is 0 Å². The number of thiazole rings is 1. The van der Waals surface area contributed by atoms with E-state index in [4.69, 9.17) is 4.74 Å². The summed E-state index contributed by atoms with van der Waals surface area (Å²) < 4.78 is 5.23. The average molecular weight is 305 g/mol. The molecule has 6 heteroatoms. The van der Waals surface area contributed by atoms with E-state index in [9.17, 15) is 4.79 Å². The summed E-state index contributed by atoms with van der Waals surface area (Å²) in [6.45, 7) is 1.98. The molecule has 1 N–H and O–H groups in total. The van der Waals surface area contributed by atoms with Crippen LogP contribution in [0.2, 0.25) is 0 Å². The van der Waals surface area contributed by atoms with Crippen LogP contribution in [0.5, 0.6) is 5.75 Å². The standard InChI is InChI=1S/C15H19N3O2S/c1-10(11-6-5-7-12(8-11)20-4)18(3)14(19)13-9-21-15(16-2)17-13/h5-10H,1-4H3,(H,16,17). The van der Waals surface area contributed by atoms with Gasteiger partial charge in [0.05, 0.1) is 13.2 Å². The predicted molar refractivity (Wildman–Crippen MR) is 85.2 cm³/mol. The van der Waals surface area contributed by atoms with Gasteiger partial charge < -0.3 is 15.0 Å². The van der Waals surface area contributed by atoms with E-state index in [1.807, 2.05) is 31.2 Å². The Morgan fingerprint density at radius 1 is 1.48 bits per heavy atom. The van der Waals surface area contributed by atoms with E-state index in [1.54, 1.807) is 31.5 Å². The van der Waals surface area contributed by atoms with Crippen LogP contribution in [0.1, 0.15) is 29.0 Å². The zero-order chi connectivity index (χ0) is 15.4. The van der Waals surface area contributed by atoms with Gasteiger partial charge in [0.15, 0.2) is 5.13 Å². The monoisotopic (exact) mass is 305 g/mol. The Balaban J connectivity index is 2.17. The van der Waals surface area contributed by atoms with Crippen LogP contribution in [-0.4, -0.2) is 37.0 Å². The predicted octanol–water partition coefficient (Wildman–Crippen LogP) is 3.03. The lowest BCUT2D eigenvalue weighted by Crippen LogP contribution is -2.29. The minimum atomic E-state index is -0.0944. The summed E-state index contributed by atoms with van der Waals surface area (Å²) in [6.07, 6.45) is 0. The third kappa shape index (κ3) is 3.33. The fraction of sp³-hybridized carbons (Fsp3) is 0.333. The quantitative estimate of drug-likeness (QED) is 0.922. The lowest BCUT2D eigenvalue weighted by atomic mass is 10.1. The van der Waals surface area contributed by atoms with E-state index < -0.39 is 0 Å². The zero-order valence-corrected chi connectivity index (χ0v) is 13.4. The molecule has 1 unspecified atom stereocenters. The van der Waals surface area contributed by atoms with Gasteiger partial charge in [0.2, 0.25) is 0 Å². The highest BCUT2D eigenvalue weighted by Gasteiger charge is 2.21. The molecule has 5 nitrogen and oxygen atoms in total. The van der Waals surface area contributed by atoms with Crippen LogP contribution in [0.3, 0.4) is 0 Å². The van der Waals surface area contributed by atoms with Crippen LogP contribution in [0.15, 0.2) is 29.6 Å². The Hall–Kier alpha value is -2.08. The van der Waals surface area contributed by atoms with E-state index in [1.165, 1.54) is 11.3 Å². The number of methoxy groups -OCH3 is 1. The van der Waals surface area contributed by atoms with E-state index >= 15 is 0 Å². The molecule has 0 saturated carbocycles. The number of nitrogens with one attached hydrogen (secondary N) is 1. The first kappa shape index (κ1) is 15.3. The van der Waals surface area contributed by atoms with Crippen molar-refractivity contribution in [2.24, 2.45) is 0 Å². The molecule has 1 aromatic heterocycles. The van der Waals surface area contributed by atoms with Crippen LogP contribution < -0.4 is 10.1 Å². The molecular formula is C15H19N3O2S. The van der Waals surface area contributed by atoms with E-state index in [-0.39, 0.29) is 11.9 Å². The summed E-state index contributed by atoms with van der Waals surface area (Å²) >= 11 is 1.42. The van der Waals surface area contributed by atoms with Crippen molar-refractivity contribution in [1.29, 1.82) is 0 Å². The van der Waals surface area contributed by atoms with Gasteiger partial charge in [0.1, 0.15) is 11.4 Å². The van der Waals surface area contributed by atoms with Crippen molar-refractivity contribution < 1.29 is 9.53 Å². The molecule has 1 heterocycles. The van der Waals surface area contributed by atoms with Crippen molar-refractivity contribution in [2.45, 2.75) is 13.0 Å². The van der Waals surface area contributed by atoms with E-state index in [0.717, 1.165) is 16.4 Å². The SMILES string of the molecule is CNc1nc(C(=O)N(C)C(C)c2cccc(OC)c2)cs1. The average Bonchev–Trinajstić information content (AvgIpc) is 3.01. The summed E-state index contributed by atoms with van der Waals surface area (Å²) in [5, 5.41) is 5.44. The molecule has 2 aromatic rings. The second-order valence-electron chi connectivity index (χ2n) is 4.66. The zero-order valence-electron chi connectivity index (χ0n) is 12.6. The maximum absolute atomic E-state index is 12.5. The third-order valence-corrected chi connectivity index (χ3v) is 4.27. The number of nitrogens with zero attached hydrogens (tertiary/aromatic N) is 2. The third-order valence-electron chi connectivity index (χ3n) is 3.41. The molecule has 0 fully saturated rings. The van der Waals surface area contributed by atoms with Crippen LogP contribution in [0.4, 0.5) is 5.13 Å². The molecule has 112 valence electrons. The van der Waals surface area contributed by atoms with Crippen molar-refractivity contribution in [3.8, 4) is 5.75 Å². The van der Waals surface area contributed by atoms with Gasteiger partial charge in [-0.05, 0) is 24.6 Å². The molecule has 1 aromatic carbocycles. The highest BCUT2D eigenvalue weighted by molar-refractivity contribution is 7.13. The smallest absolute Gasteiger partial charge is 0.273 e. The second kappa shape index (κ2) is 6.58. The summed E-state index contributed by atoms with van der Waals surface area (Å²) in [5.41, 5.74) is 1.48. The summed E-state index contributed by atoms with van der Waals surface area (Å²) in [6, 6.07) is 7.67. The fourth-order valence-electron chi connectivity index (χ4n) is 1.97. The number of anilines is 1. The number of hydrogen-bond donors (Lipinski definition) is 1. The highest BCUT2D eigenvalue weighted by atomic mass is 32.1. The van der Waals surface area contributed by atoms with Crippen LogP contribution >= 0.6 is 11.3 Å². The second-order valence-corrected chi connectivity index (χ2v) is 5.51. The minimum absolute atomic E-state index is 0.0627. The van der Waals surface area contributed by atoms with Crippen molar-refractivity contribution >= 4 is 22.4 Å². The van der Waals surface area contributed by atoms with Gasteiger partial charge in [0.25, 0.3) is 5.91 Å². The van der Waals surface area contributed by atoms with Crippen LogP contribution in [0.25, 0.3) is 0 Å². The van der Waals surface area contributed by atoms with Gasteiger partial charge in [-0.25, -0.2) is 4.98 Å². The molecule has 1 atom stereocenters. The fourth-order valence-corrected chi connectivity index (χ4v) is 2.61. The lowest BCUT2D eigenvalue weighted by molar-refractivity contribution is 0.0737. The Morgan fingerprint density at radius 3 is 2.86 bits per heavy atom. The van der Waals surface area contributed by atoms with Gasteiger partial charge in [-0.2, -0.15) is 0 Å². The number of rotatable bonds is 5. The number of carbonyl (C=O) groups is 1. The van der Waals surface area contributed by atoms with Crippen molar-refractivity contribution in [3.05, 3.63) is 40.9 Å². The Kier molecular flexibility index (Phi) is 4.80. The molecule has 1 amide bonds. The number of benzene rings is 1. The molecule has 0 aliphatic carbocycles. The number of amides is 1. The van der Waals surface area contributed by atoms with Crippen molar-refractivity contribution in [1.82, 2.24) is 9.88 Å². The first-order valence-electron chi connectivity index (χ1n) is 6.61. The van der Waals surface area contributed by atoms with Gasteiger partial charge in [-0.1, -0.05) is 12.1 Å². The van der Waals surface area contributed by atoms with Gasteiger partial charge in [-0.15, -0.1) is 11.3 Å². The largest absolute Gasteiger partial charge is 0.497 e. The Bertz CT molecular complexity index is 627. The maximum Gasteiger partial charge on any atom is 0.273 e. The van der Waals surface area contributed by atoms with Crippen LogP contribution in [0, 0.1) is 0 Å². The molecular weight excluding hydrogens is 286 g/mol. The highest BCUT2D eigenvalue weighted by Crippen LogP contribution is 2.25. The molecule has 2 rings (SSSR count). The maximum atomic E-state index is 12.5. The molecule has 21 heavy (non-hydrogen) atoms. The van der Waals surface area contributed by atoms with Crippen LogP contribution in [-0.2, 0) is 0 Å². The van der Waals surface area contributed by atoms with Gasteiger partial charge in [0, 0.05) is 19.5 Å². The molecule has 0 radical (unpaired) electrons. The topological polar surface area (TPSA) is 54.5 Å². The summed E-state index contributed by atoms with van der Waals surface area (Å²) in [4.78, 5) is 18.4. The van der Waals surface area contributed by atoms with Gasteiger partial charge in [-0.3, -0.25) is 4.79 Å². The molecule has 0 aliphatic heterocycles. The van der Waals surface area contributed by atoms with Crippen molar-refractivity contribution in [3.63, 3.8) is 0 Å². The molecule has 0 aliphatic rings. The minimum Gasteiger partial charge on any atom is -0.497 e. The Morgan fingerprint density at radius 2 is 2.24 bits per heavy atom. The number of hydrogen-bond acceptors (Lipinski definition) is 5. The summed E-state index contributed by atoms with van der Waals surface area (Å²) in [5.74, 6) is 0.689.